The highest BCUT2D eigenvalue weighted by molar-refractivity contribution is 6.05. The molecule has 7 nitrogen and oxygen atoms in total. The molecular weight excluding hydrogens is 422 g/mol. The summed E-state index contributed by atoms with van der Waals surface area (Å²) in [5.74, 6) is -0.258. The van der Waals surface area contributed by atoms with E-state index >= 15 is 0 Å². The average Bonchev–Trinajstić information content (AvgIpc) is 3.36. The molecule has 0 spiro atoms. The number of hydrogen-bond donors (Lipinski definition) is 3. The van der Waals surface area contributed by atoms with E-state index in [2.05, 4.69) is 4.98 Å². The van der Waals surface area contributed by atoms with Crippen molar-refractivity contribution < 1.29 is 29.6 Å². The van der Waals surface area contributed by atoms with Crippen LogP contribution in [0.3, 0.4) is 0 Å². The van der Waals surface area contributed by atoms with Crippen molar-refractivity contribution in [2.24, 2.45) is 0 Å². The van der Waals surface area contributed by atoms with Crippen LogP contribution in [0.5, 0.6) is 28.7 Å². The number of ether oxygens (including phenoxy) is 2. The van der Waals surface area contributed by atoms with Gasteiger partial charge < -0.3 is 29.8 Å². The first-order valence-corrected chi connectivity index (χ1v) is 11.2. The number of methoxy groups -OCH3 is 1. The van der Waals surface area contributed by atoms with Gasteiger partial charge in [-0.2, -0.15) is 12.4 Å². The van der Waals surface area contributed by atoms with Gasteiger partial charge in [-0.05, 0) is 30.5 Å². The molecule has 5 rings (SSSR count). The second kappa shape index (κ2) is 8.06. The second-order valence-corrected chi connectivity index (χ2v) is 8.85. The topological polar surface area (TPSA) is 115 Å². The number of phenolic OH excluding ortho intramolecular Hbond substituents is 3. The predicted octanol–water partition coefficient (Wildman–Crippen LogP) is 4.44. The largest absolute Gasteiger partial charge is 0.670 e. The van der Waals surface area contributed by atoms with E-state index < -0.39 is 11.5 Å². The van der Waals surface area contributed by atoms with Crippen molar-refractivity contribution in [2.45, 2.75) is 50.0 Å². The normalized spacial score (nSPS) is 19.5. The molecule has 1 atom stereocenters. The van der Waals surface area contributed by atoms with E-state index in [4.69, 9.17) is 9.47 Å². The van der Waals surface area contributed by atoms with Crippen LogP contribution in [0.15, 0.2) is 42.7 Å². The lowest BCUT2D eigenvalue weighted by Crippen LogP contribution is -2.33. The van der Waals surface area contributed by atoms with Crippen LogP contribution >= 0.6 is 0 Å². The van der Waals surface area contributed by atoms with E-state index in [-0.39, 0.29) is 46.5 Å². The first-order chi connectivity index (χ1) is 16.0. The van der Waals surface area contributed by atoms with Gasteiger partial charge in [0.05, 0.1) is 12.7 Å². The molecule has 2 aliphatic rings. The van der Waals surface area contributed by atoms with Gasteiger partial charge in [0.1, 0.15) is 24.0 Å². The minimum absolute atomic E-state index is 0.0436. The maximum Gasteiger partial charge on any atom is 0.335 e. The standard InChI is InChI=1S/C26H26NO6/c1-32-25-22(30)20-18(29)13-19(15-5-7-17(28)8-6-15)33-24(20)21(23(25)31)26(10-3-2-4-11-26)16-9-12-27-14-16/h5-9,12,14,19,28H,2-4,10-11,13H2,1H3,(H2,29,30,31)/q-1/p+1. The highest BCUT2D eigenvalue weighted by Gasteiger charge is 2.47. The average molecular weight is 450 g/mol. The van der Waals surface area contributed by atoms with Gasteiger partial charge >= 0.3 is 5.78 Å². The Morgan fingerprint density at radius 1 is 1.03 bits per heavy atom. The Bertz CT molecular complexity index is 1180. The number of aromatic hydroxyl groups is 3. The molecule has 1 aliphatic carbocycles. The number of phenols is 3. The first-order valence-electron chi connectivity index (χ1n) is 11.2. The van der Waals surface area contributed by atoms with Crippen molar-refractivity contribution in [3.05, 3.63) is 65.0 Å². The highest BCUT2D eigenvalue weighted by atomic mass is 16.5. The second-order valence-electron chi connectivity index (χ2n) is 8.85. The molecule has 33 heavy (non-hydrogen) atoms. The van der Waals surface area contributed by atoms with Crippen molar-refractivity contribution in [1.29, 1.82) is 0 Å². The first kappa shape index (κ1) is 21.2. The Labute approximate surface area is 191 Å². The van der Waals surface area contributed by atoms with Gasteiger partial charge in [-0.25, -0.2) is 0 Å². The minimum atomic E-state index is -0.596. The molecule has 0 saturated heterocycles. The van der Waals surface area contributed by atoms with E-state index in [1.54, 1.807) is 36.7 Å². The van der Waals surface area contributed by atoms with Crippen molar-refractivity contribution in [3.63, 3.8) is 0 Å². The van der Waals surface area contributed by atoms with Crippen LogP contribution in [0.2, 0.25) is 0 Å². The number of fused-ring (bicyclic) bond motifs is 1. The molecule has 4 N–H and O–H groups in total. The lowest BCUT2D eigenvalue weighted by atomic mass is 9.64. The van der Waals surface area contributed by atoms with Gasteiger partial charge in [0.15, 0.2) is 17.1 Å². The van der Waals surface area contributed by atoms with E-state index in [0.717, 1.165) is 43.2 Å². The fraction of sp³-hybridized carbons (Fsp3) is 0.346. The summed E-state index contributed by atoms with van der Waals surface area (Å²) in [4.78, 5) is 15.3. The van der Waals surface area contributed by atoms with Crippen molar-refractivity contribution >= 4 is 5.78 Å². The fourth-order valence-corrected chi connectivity index (χ4v) is 5.45. The molecule has 2 aromatic carbocycles. The SMILES string of the molecule is COc1c(O)c2c(c(C3(c4cc[n-]c4)CCCCC3)c1O)OC(c1ccc(O)cc1)CC2=[OH+]. The maximum atomic E-state index is 11.4. The lowest BCUT2D eigenvalue weighted by Gasteiger charge is -2.41. The number of hydrogen-bond acceptors (Lipinski definition) is 5. The molecule has 7 heteroatoms. The Balaban J connectivity index is 1.76. The van der Waals surface area contributed by atoms with Crippen LogP contribution in [0.25, 0.3) is 0 Å². The Kier molecular flexibility index (Phi) is 5.19. The summed E-state index contributed by atoms with van der Waals surface area (Å²) in [5.41, 5.74) is 1.79. The summed E-state index contributed by atoms with van der Waals surface area (Å²) in [6, 6.07) is 8.54. The molecular formula is C26H27NO6. The molecule has 172 valence electrons. The molecule has 2 heterocycles. The molecule has 1 fully saturated rings. The number of rotatable bonds is 4. The number of carbonyl (C=O) groups excluding carboxylic acids is 1. The summed E-state index contributed by atoms with van der Waals surface area (Å²) >= 11 is 0. The summed E-state index contributed by atoms with van der Waals surface area (Å²) in [5, 5.41) is 32.0. The van der Waals surface area contributed by atoms with Crippen molar-refractivity contribution in [1.82, 2.24) is 4.98 Å². The summed E-state index contributed by atoms with van der Waals surface area (Å²) in [6.07, 6.45) is 7.64. The van der Waals surface area contributed by atoms with E-state index in [0.29, 0.717) is 5.56 Å². The molecule has 0 bridgehead atoms. The van der Waals surface area contributed by atoms with Crippen LogP contribution in [0.4, 0.5) is 0 Å². The van der Waals surface area contributed by atoms with Crippen molar-refractivity contribution in [2.75, 3.05) is 7.11 Å². The number of ketones is 1. The van der Waals surface area contributed by atoms with Crippen LogP contribution in [0, 0.1) is 0 Å². The number of aromatic nitrogens is 1. The third kappa shape index (κ3) is 3.30. The zero-order valence-electron chi connectivity index (χ0n) is 18.4. The van der Waals surface area contributed by atoms with Gasteiger partial charge in [-0.1, -0.05) is 43.0 Å². The van der Waals surface area contributed by atoms with Crippen LogP contribution in [-0.4, -0.2) is 33.0 Å². The number of nitrogens with zero attached hydrogens (tertiary/aromatic N) is 1. The lowest BCUT2D eigenvalue weighted by molar-refractivity contribution is 0.189. The third-order valence-corrected chi connectivity index (χ3v) is 7.05. The van der Waals surface area contributed by atoms with Gasteiger partial charge in [0.2, 0.25) is 5.75 Å². The van der Waals surface area contributed by atoms with E-state index in [1.165, 1.54) is 7.11 Å². The van der Waals surface area contributed by atoms with E-state index in [1.807, 2.05) is 6.07 Å². The Morgan fingerprint density at radius 3 is 2.39 bits per heavy atom. The molecule has 1 aromatic heterocycles. The molecule has 1 saturated carbocycles. The van der Waals surface area contributed by atoms with Gasteiger partial charge in [-0.3, -0.25) is 4.79 Å². The van der Waals surface area contributed by atoms with Crippen molar-refractivity contribution in [3.8, 4) is 28.7 Å². The Morgan fingerprint density at radius 2 is 1.76 bits per heavy atom. The fourth-order valence-electron chi connectivity index (χ4n) is 5.45. The molecule has 0 radical (unpaired) electrons. The summed E-state index contributed by atoms with van der Waals surface area (Å²) < 4.78 is 11.8. The van der Waals surface area contributed by atoms with E-state index in [9.17, 15) is 20.1 Å². The summed E-state index contributed by atoms with van der Waals surface area (Å²) in [7, 11) is 1.38. The van der Waals surface area contributed by atoms with Crippen LogP contribution in [0.1, 0.15) is 66.9 Å². The predicted molar refractivity (Wildman–Crippen MR) is 122 cm³/mol. The third-order valence-electron chi connectivity index (χ3n) is 7.05. The molecule has 0 amide bonds. The van der Waals surface area contributed by atoms with Gasteiger partial charge in [-0.15, -0.1) is 0 Å². The maximum absolute atomic E-state index is 11.4. The van der Waals surface area contributed by atoms with Crippen LogP contribution < -0.4 is 14.5 Å². The zero-order chi connectivity index (χ0) is 23.2. The highest BCUT2D eigenvalue weighted by Crippen LogP contribution is 2.59. The molecule has 1 unspecified atom stereocenters. The quantitative estimate of drug-likeness (QED) is 0.508. The van der Waals surface area contributed by atoms with Gasteiger partial charge in [0, 0.05) is 5.41 Å². The Hall–Kier alpha value is -3.61. The van der Waals surface area contributed by atoms with Gasteiger partial charge in [0.25, 0.3) is 0 Å². The van der Waals surface area contributed by atoms with Crippen LogP contribution in [-0.2, 0) is 5.41 Å². The summed E-state index contributed by atoms with van der Waals surface area (Å²) in [6.45, 7) is 0. The molecule has 3 aromatic rings. The zero-order valence-corrected chi connectivity index (χ0v) is 18.4. The smallest absolute Gasteiger partial charge is 0.335 e. The number of benzene rings is 2. The minimum Gasteiger partial charge on any atom is -0.670 e. The molecule has 1 aliphatic heterocycles. The monoisotopic (exact) mass is 449 g/mol.